The van der Waals surface area contributed by atoms with Crippen LogP contribution in [-0.4, -0.2) is 30.2 Å². The molecule has 0 spiro atoms. The van der Waals surface area contributed by atoms with E-state index >= 15 is 0 Å². The summed E-state index contributed by atoms with van der Waals surface area (Å²) >= 11 is 0. The molecular formula is C21H31NO3. The molecule has 1 aromatic carbocycles. The van der Waals surface area contributed by atoms with Gasteiger partial charge in [-0.05, 0) is 68.6 Å². The maximum Gasteiger partial charge on any atom is 0.410 e. The quantitative estimate of drug-likeness (QED) is 0.785. The van der Waals surface area contributed by atoms with E-state index in [4.69, 9.17) is 9.47 Å². The molecule has 1 fully saturated rings. The Hall–Kier alpha value is -1.55. The van der Waals surface area contributed by atoms with Crippen molar-refractivity contribution in [3.8, 4) is 0 Å². The van der Waals surface area contributed by atoms with E-state index in [1.54, 1.807) is 7.11 Å². The number of hydrogen-bond acceptors (Lipinski definition) is 3. The molecule has 1 aliphatic heterocycles. The lowest BCUT2D eigenvalue weighted by atomic mass is 9.71. The summed E-state index contributed by atoms with van der Waals surface area (Å²) in [6, 6.07) is 6.74. The summed E-state index contributed by atoms with van der Waals surface area (Å²) < 4.78 is 11.0. The summed E-state index contributed by atoms with van der Waals surface area (Å²) in [4.78, 5) is 14.9. The van der Waals surface area contributed by atoms with Crippen LogP contribution >= 0.6 is 0 Å². The molecule has 0 N–H and O–H groups in total. The van der Waals surface area contributed by atoms with Crippen molar-refractivity contribution in [2.75, 3.05) is 13.7 Å². The van der Waals surface area contributed by atoms with Crippen molar-refractivity contribution < 1.29 is 14.3 Å². The summed E-state index contributed by atoms with van der Waals surface area (Å²) in [6.07, 6.45) is 4.16. The normalized spacial score (nSPS) is 25.5. The summed E-state index contributed by atoms with van der Waals surface area (Å²) in [7, 11) is 1.72. The van der Waals surface area contributed by atoms with Crippen molar-refractivity contribution in [2.24, 2.45) is 5.41 Å². The third kappa shape index (κ3) is 3.41. The first-order chi connectivity index (χ1) is 11.8. The van der Waals surface area contributed by atoms with E-state index in [1.165, 1.54) is 23.1 Å². The second kappa shape index (κ2) is 6.64. The molecule has 138 valence electrons. The van der Waals surface area contributed by atoms with Crippen LogP contribution in [0.1, 0.15) is 69.7 Å². The number of ether oxygens (including phenoxy) is 2. The Bertz CT molecular complexity index is 649. The highest BCUT2D eigenvalue weighted by molar-refractivity contribution is 5.70. The largest absolute Gasteiger partial charge is 0.444 e. The third-order valence-electron chi connectivity index (χ3n) is 5.66. The fraction of sp³-hybridized carbons (Fsp3) is 0.667. The second-order valence-corrected chi connectivity index (χ2v) is 8.54. The summed E-state index contributed by atoms with van der Waals surface area (Å²) in [5.74, 6) is 0. The van der Waals surface area contributed by atoms with Gasteiger partial charge in [0.15, 0.2) is 0 Å². The molecule has 0 saturated carbocycles. The monoisotopic (exact) mass is 345 g/mol. The molecule has 1 amide bonds. The number of methoxy groups -OCH3 is 1. The van der Waals surface area contributed by atoms with Crippen LogP contribution in [0.2, 0.25) is 0 Å². The van der Waals surface area contributed by atoms with E-state index in [9.17, 15) is 4.79 Å². The molecule has 2 atom stereocenters. The van der Waals surface area contributed by atoms with Gasteiger partial charge in [0.05, 0.1) is 12.6 Å². The minimum atomic E-state index is -0.470. The number of rotatable bonds is 3. The van der Waals surface area contributed by atoms with Crippen LogP contribution in [0.25, 0.3) is 0 Å². The molecular weight excluding hydrogens is 314 g/mol. The zero-order chi connectivity index (χ0) is 18.2. The van der Waals surface area contributed by atoms with Crippen molar-refractivity contribution >= 4 is 6.09 Å². The van der Waals surface area contributed by atoms with Gasteiger partial charge in [-0.15, -0.1) is 0 Å². The van der Waals surface area contributed by atoms with Gasteiger partial charge in [-0.2, -0.15) is 0 Å². The Morgan fingerprint density at radius 1 is 1.36 bits per heavy atom. The zero-order valence-electron chi connectivity index (χ0n) is 16.2. The summed E-state index contributed by atoms with van der Waals surface area (Å²) in [6.45, 7) is 9.43. The van der Waals surface area contributed by atoms with Crippen LogP contribution < -0.4 is 0 Å². The number of fused-ring (bicyclic) bond motifs is 3. The Balaban J connectivity index is 1.99. The van der Waals surface area contributed by atoms with Crippen molar-refractivity contribution in [1.82, 2.24) is 4.90 Å². The van der Waals surface area contributed by atoms with Crippen molar-refractivity contribution in [3.63, 3.8) is 0 Å². The number of piperidine rings is 1. The highest BCUT2D eigenvalue weighted by Crippen LogP contribution is 2.56. The topological polar surface area (TPSA) is 38.8 Å². The SMILES string of the molecule is CC[C@]12CCCN(C(=O)OC(C)(C)C)[C@H]1c1cc(COC)ccc1C2. The van der Waals surface area contributed by atoms with Crippen LogP contribution in [0, 0.1) is 5.41 Å². The molecule has 1 heterocycles. The van der Waals surface area contributed by atoms with Gasteiger partial charge in [0, 0.05) is 13.7 Å². The lowest BCUT2D eigenvalue weighted by molar-refractivity contribution is -0.0214. The van der Waals surface area contributed by atoms with E-state index in [-0.39, 0.29) is 17.6 Å². The van der Waals surface area contributed by atoms with E-state index < -0.39 is 5.60 Å². The average Bonchev–Trinajstić information content (AvgIpc) is 2.88. The Labute approximate surface area is 151 Å². The Kier molecular flexibility index (Phi) is 4.84. The zero-order valence-corrected chi connectivity index (χ0v) is 16.2. The first-order valence-electron chi connectivity index (χ1n) is 9.40. The van der Waals surface area contributed by atoms with Gasteiger partial charge in [0.2, 0.25) is 0 Å². The summed E-state index contributed by atoms with van der Waals surface area (Å²) in [5, 5.41) is 0. The van der Waals surface area contributed by atoms with Crippen molar-refractivity contribution in [2.45, 2.75) is 71.6 Å². The Morgan fingerprint density at radius 3 is 2.76 bits per heavy atom. The van der Waals surface area contributed by atoms with Crippen molar-refractivity contribution in [3.05, 3.63) is 34.9 Å². The van der Waals surface area contributed by atoms with Gasteiger partial charge < -0.3 is 14.4 Å². The van der Waals surface area contributed by atoms with E-state index in [1.807, 2.05) is 25.7 Å². The lowest BCUT2D eigenvalue weighted by Crippen LogP contribution is -2.48. The molecule has 0 bridgehead atoms. The highest BCUT2D eigenvalue weighted by atomic mass is 16.6. The fourth-order valence-corrected chi connectivity index (χ4v) is 4.59. The van der Waals surface area contributed by atoms with Gasteiger partial charge in [0.25, 0.3) is 0 Å². The van der Waals surface area contributed by atoms with Crippen LogP contribution in [-0.2, 0) is 22.5 Å². The number of nitrogens with zero attached hydrogens (tertiary/aromatic N) is 1. The smallest absolute Gasteiger partial charge is 0.410 e. The fourth-order valence-electron chi connectivity index (χ4n) is 4.59. The van der Waals surface area contributed by atoms with Gasteiger partial charge >= 0.3 is 6.09 Å². The summed E-state index contributed by atoms with van der Waals surface area (Å²) in [5.41, 5.74) is 3.51. The van der Waals surface area contributed by atoms with Crippen LogP contribution in [0.3, 0.4) is 0 Å². The average molecular weight is 345 g/mol. The van der Waals surface area contributed by atoms with Crippen LogP contribution in [0.4, 0.5) is 4.79 Å². The van der Waals surface area contributed by atoms with Gasteiger partial charge in [-0.3, -0.25) is 0 Å². The highest BCUT2D eigenvalue weighted by Gasteiger charge is 2.51. The van der Waals surface area contributed by atoms with Gasteiger partial charge in [0.1, 0.15) is 5.60 Å². The number of carbonyl (C=O) groups is 1. The lowest BCUT2D eigenvalue weighted by Gasteiger charge is -2.46. The molecule has 4 nitrogen and oxygen atoms in total. The molecule has 1 aliphatic carbocycles. The molecule has 2 aliphatic rings. The Morgan fingerprint density at radius 2 is 2.12 bits per heavy atom. The standard InChI is InChI=1S/C21H31NO3/c1-6-21-10-7-11-22(19(23)25-20(2,3)4)18(21)17-12-15(14-24-5)8-9-16(17)13-21/h8-9,12,18H,6-7,10-11,13-14H2,1-5H3/t18-,21+/m0/s1. The van der Waals surface area contributed by atoms with E-state index in [0.29, 0.717) is 6.61 Å². The second-order valence-electron chi connectivity index (χ2n) is 8.54. The predicted octanol–water partition coefficient (Wildman–Crippen LogP) is 4.86. The molecule has 4 heteroatoms. The molecule has 3 rings (SSSR count). The van der Waals surface area contributed by atoms with E-state index in [2.05, 4.69) is 25.1 Å². The molecule has 1 aromatic rings. The molecule has 0 radical (unpaired) electrons. The minimum Gasteiger partial charge on any atom is -0.444 e. The van der Waals surface area contributed by atoms with Crippen LogP contribution in [0.15, 0.2) is 18.2 Å². The van der Waals surface area contributed by atoms with E-state index in [0.717, 1.165) is 25.8 Å². The van der Waals surface area contributed by atoms with Gasteiger partial charge in [-0.1, -0.05) is 25.1 Å². The number of carbonyl (C=O) groups excluding carboxylic acids is 1. The van der Waals surface area contributed by atoms with Gasteiger partial charge in [-0.25, -0.2) is 4.79 Å². The number of hydrogen-bond donors (Lipinski definition) is 0. The first-order valence-corrected chi connectivity index (χ1v) is 9.40. The van der Waals surface area contributed by atoms with Crippen LogP contribution in [0.5, 0.6) is 0 Å². The number of likely N-dealkylation sites (tertiary alicyclic amines) is 1. The number of benzene rings is 1. The molecule has 0 aromatic heterocycles. The minimum absolute atomic E-state index is 0.118. The molecule has 25 heavy (non-hydrogen) atoms. The maximum absolute atomic E-state index is 12.9. The maximum atomic E-state index is 12.9. The van der Waals surface area contributed by atoms with Crippen molar-refractivity contribution in [1.29, 1.82) is 0 Å². The number of amides is 1. The first kappa shape index (κ1) is 18.2. The molecule has 1 saturated heterocycles. The third-order valence-corrected chi connectivity index (χ3v) is 5.66. The molecule has 0 unspecified atom stereocenters. The predicted molar refractivity (Wildman–Crippen MR) is 98.5 cm³/mol.